The minimum Gasteiger partial charge on any atom is -0.476 e. The highest BCUT2D eigenvalue weighted by atomic mass is 16.4. The van der Waals surface area contributed by atoms with Crippen molar-refractivity contribution in [1.82, 2.24) is 9.97 Å². The summed E-state index contributed by atoms with van der Waals surface area (Å²) in [6, 6.07) is 0. The molecule has 5 nitrogen and oxygen atoms in total. The van der Waals surface area contributed by atoms with Crippen LogP contribution >= 0.6 is 0 Å². The highest BCUT2D eigenvalue weighted by Crippen LogP contribution is 2.32. The standard InChI is InChI=1S/C14H21N3O2/c1-4-17(8-10-5-6-10)11-7-15-13(9(2)3)16-12(11)14(18)19/h7,9-10H,4-6,8H2,1-3H3,(H,18,19). The van der Waals surface area contributed by atoms with Gasteiger partial charge in [-0.15, -0.1) is 0 Å². The summed E-state index contributed by atoms with van der Waals surface area (Å²) in [5.74, 6) is 0.439. The van der Waals surface area contributed by atoms with Crippen LogP contribution < -0.4 is 4.90 Å². The van der Waals surface area contributed by atoms with Crippen LogP contribution in [0.15, 0.2) is 6.20 Å². The Morgan fingerprint density at radius 1 is 1.53 bits per heavy atom. The van der Waals surface area contributed by atoms with Crippen LogP contribution in [0.5, 0.6) is 0 Å². The molecule has 0 radical (unpaired) electrons. The summed E-state index contributed by atoms with van der Waals surface area (Å²) in [7, 11) is 0. The average molecular weight is 263 g/mol. The van der Waals surface area contributed by atoms with Crippen molar-refractivity contribution in [1.29, 1.82) is 0 Å². The van der Waals surface area contributed by atoms with Gasteiger partial charge in [-0.2, -0.15) is 0 Å². The summed E-state index contributed by atoms with van der Waals surface area (Å²) in [5.41, 5.74) is 0.771. The van der Waals surface area contributed by atoms with Crippen LogP contribution in [0.2, 0.25) is 0 Å². The van der Waals surface area contributed by atoms with Crippen LogP contribution in [0.25, 0.3) is 0 Å². The van der Waals surface area contributed by atoms with E-state index in [4.69, 9.17) is 0 Å². The molecular weight excluding hydrogens is 242 g/mol. The van der Waals surface area contributed by atoms with E-state index >= 15 is 0 Å². The van der Waals surface area contributed by atoms with E-state index in [0.717, 1.165) is 13.1 Å². The molecule has 19 heavy (non-hydrogen) atoms. The van der Waals surface area contributed by atoms with Crippen LogP contribution in [-0.2, 0) is 0 Å². The van der Waals surface area contributed by atoms with Crippen molar-refractivity contribution in [3.05, 3.63) is 17.7 Å². The molecule has 0 aliphatic heterocycles. The zero-order chi connectivity index (χ0) is 14.0. The molecule has 1 aliphatic carbocycles. The fourth-order valence-electron chi connectivity index (χ4n) is 2.07. The summed E-state index contributed by atoms with van der Waals surface area (Å²) < 4.78 is 0. The van der Waals surface area contributed by atoms with Gasteiger partial charge in [0.25, 0.3) is 0 Å². The number of aromatic carboxylic acids is 1. The Balaban J connectivity index is 2.33. The Labute approximate surface area is 113 Å². The van der Waals surface area contributed by atoms with Crippen LogP contribution in [0.3, 0.4) is 0 Å². The molecule has 1 aromatic heterocycles. The van der Waals surface area contributed by atoms with Gasteiger partial charge in [0.1, 0.15) is 5.82 Å². The molecule has 104 valence electrons. The summed E-state index contributed by atoms with van der Waals surface area (Å²) in [6.07, 6.45) is 4.14. The summed E-state index contributed by atoms with van der Waals surface area (Å²) >= 11 is 0. The van der Waals surface area contributed by atoms with Crippen molar-refractivity contribution < 1.29 is 9.90 Å². The fraction of sp³-hybridized carbons (Fsp3) is 0.643. The Hall–Kier alpha value is -1.65. The van der Waals surface area contributed by atoms with Gasteiger partial charge in [0, 0.05) is 19.0 Å². The highest BCUT2D eigenvalue weighted by Gasteiger charge is 2.26. The lowest BCUT2D eigenvalue weighted by Gasteiger charge is -2.24. The van der Waals surface area contributed by atoms with Crippen LogP contribution in [-0.4, -0.2) is 34.1 Å². The first kappa shape index (κ1) is 13.8. The number of carboxylic acid groups (broad SMARTS) is 1. The summed E-state index contributed by atoms with van der Waals surface area (Å²) in [4.78, 5) is 22.0. The number of nitrogens with zero attached hydrogens (tertiary/aromatic N) is 3. The molecule has 1 N–H and O–H groups in total. The predicted molar refractivity (Wildman–Crippen MR) is 73.7 cm³/mol. The minimum atomic E-state index is -0.978. The van der Waals surface area contributed by atoms with Gasteiger partial charge in [-0.1, -0.05) is 13.8 Å². The third-order valence-electron chi connectivity index (χ3n) is 3.40. The third kappa shape index (κ3) is 3.22. The molecular formula is C14H21N3O2. The number of carbonyl (C=O) groups is 1. The second kappa shape index (κ2) is 5.55. The quantitative estimate of drug-likeness (QED) is 0.854. The zero-order valence-corrected chi connectivity index (χ0v) is 11.8. The number of aromatic nitrogens is 2. The second-order valence-electron chi connectivity index (χ2n) is 5.40. The maximum atomic E-state index is 11.4. The number of anilines is 1. The monoisotopic (exact) mass is 263 g/mol. The Bertz CT molecular complexity index is 470. The van der Waals surface area contributed by atoms with E-state index in [9.17, 15) is 9.90 Å². The molecule has 1 aliphatic rings. The normalized spacial score (nSPS) is 14.7. The first-order valence-corrected chi connectivity index (χ1v) is 6.88. The van der Waals surface area contributed by atoms with E-state index in [1.54, 1.807) is 6.20 Å². The van der Waals surface area contributed by atoms with Gasteiger partial charge in [0.05, 0.1) is 11.9 Å². The largest absolute Gasteiger partial charge is 0.476 e. The van der Waals surface area contributed by atoms with Crippen molar-refractivity contribution in [2.24, 2.45) is 5.92 Å². The third-order valence-corrected chi connectivity index (χ3v) is 3.40. The number of carboxylic acids is 1. The number of hydrogen-bond donors (Lipinski definition) is 1. The maximum absolute atomic E-state index is 11.4. The number of hydrogen-bond acceptors (Lipinski definition) is 4. The van der Waals surface area contributed by atoms with E-state index in [1.165, 1.54) is 12.8 Å². The van der Waals surface area contributed by atoms with Gasteiger partial charge in [-0.25, -0.2) is 14.8 Å². The van der Waals surface area contributed by atoms with Gasteiger partial charge >= 0.3 is 5.97 Å². The Morgan fingerprint density at radius 3 is 2.68 bits per heavy atom. The van der Waals surface area contributed by atoms with Gasteiger partial charge in [0.2, 0.25) is 0 Å². The van der Waals surface area contributed by atoms with Crippen molar-refractivity contribution in [2.75, 3.05) is 18.0 Å². The molecule has 2 rings (SSSR count). The van der Waals surface area contributed by atoms with E-state index < -0.39 is 5.97 Å². The average Bonchev–Trinajstić information content (AvgIpc) is 3.19. The summed E-state index contributed by atoms with van der Waals surface area (Å²) in [5, 5.41) is 9.35. The molecule has 0 amide bonds. The smallest absolute Gasteiger partial charge is 0.356 e. The topological polar surface area (TPSA) is 66.3 Å². The van der Waals surface area contributed by atoms with Crippen molar-refractivity contribution >= 4 is 11.7 Å². The zero-order valence-electron chi connectivity index (χ0n) is 11.8. The van der Waals surface area contributed by atoms with Crippen molar-refractivity contribution in [2.45, 2.75) is 39.5 Å². The van der Waals surface area contributed by atoms with Crippen LogP contribution in [0.4, 0.5) is 5.69 Å². The SMILES string of the molecule is CCN(CC1CC1)c1cnc(C(C)C)nc1C(=O)O. The maximum Gasteiger partial charge on any atom is 0.356 e. The van der Waals surface area contributed by atoms with Crippen LogP contribution in [0.1, 0.15) is 55.8 Å². The Morgan fingerprint density at radius 2 is 2.21 bits per heavy atom. The van der Waals surface area contributed by atoms with Gasteiger partial charge < -0.3 is 10.0 Å². The molecule has 1 fully saturated rings. The first-order valence-electron chi connectivity index (χ1n) is 6.88. The van der Waals surface area contributed by atoms with E-state index in [1.807, 2.05) is 20.8 Å². The minimum absolute atomic E-state index is 0.126. The van der Waals surface area contributed by atoms with Crippen molar-refractivity contribution in [3.63, 3.8) is 0 Å². The van der Waals surface area contributed by atoms with Gasteiger partial charge in [-0.05, 0) is 25.7 Å². The second-order valence-corrected chi connectivity index (χ2v) is 5.40. The summed E-state index contributed by atoms with van der Waals surface area (Å²) in [6.45, 7) is 7.64. The van der Waals surface area contributed by atoms with Gasteiger partial charge in [0.15, 0.2) is 5.69 Å². The molecule has 0 aromatic carbocycles. The van der Waals surface area contributed by atoms with Crippen LogP contribution in [0, 0.1) is 5.92 Å². The predicted octanol–water partition coefficient (Wildman–Crippen LogP) is 2.53. The van der Waals surface area contributed by atoms with E-state index in [2.05, 4.69) is 14.9 Å². The van der Waals surface area contributed by atoms with Crippen molar-refractivity contribution in [3.8, 4) is 0 Å². The first-order chi connectivity index (χ1) is 9.02. The molecule has 0 atom stereocenters. The lowest BCUT2D eigenvalue weighted by atomic mass is 10.2. The molecule has 0 spiro atoms. The molecule has 0 saturated heterocycles. The highest BCUT2D eigenvalue weighted by molar-refractivity contribution is 5.92. The lowest BCUT2D eigenvalue weighted by Crippen LogP contribution is -2.28. The van der Waals surface area contributed by atoms with Gasteiger partial charge in [-0.3, -0.25) is 0 Å². The van der Waals surface area contributed by atoms with E-state index in [0.29, 0.717) is 17.4 Å². The Kier molecular flexibility index (Phi) is 4.02. The number of rotatable bonds is 6. The molecule has 0 unspecified atom stereocenters. The molecule has 5 heteroatoms. The molecule has 1 aromatic rings. The molecule has 0 bridgehead atoms. The lowest BCUT2D eigenvalue weighted by molar-refractivity contribution is 0.0690. The fourth-order valence-corrected chi connectivity index (χ4v) is 2.07. The molecule has 1 heterocycles. The molecule has 1 saturated carbocycles. The van der Waals surface area contributed by atoms with E-state index in [-0.39, 0.29) is 11.6 Å².